The fourth-order valence-corrected chi connectivity index (χ4v) is 3.25. The average Bonchev–Trinajstić information content (AvgIpc) is 2.03. The molecule has 0 amide bonds. The van der Waals surface area contributed by atoms with Crippen LogP contribution in [0.1, 0.15) is 20.3 Å². The lowest BCUT2D eigenvalue weighted by Crippen LogP contribution is -2.37. The first-order valence-corrected chi connectivity index (χ1v) is 5.39. The lowest BCUT2D eigenvalue weighted by molar-refractivity contribution is -0.142. The summed E-state index contributed by atoms with van der Waals surface area (Å²) in [6.45, 7) is 2.96. The Hall–Kier alpha value is -0.580. The molecule has 1 aliphatic heterocycles. The standard InChI is InChI=1S/C7H12O4S/c1-7(2)5(6(8)9)3-4-12(7,10)11/h5H,3-4H2,1-2H3,(H,8,9). The van der Waals surface area contributed by atoms with E-state index in [0.717, 1.165) is 0 Å². The molecule has 1 fully saturated rings. The molecule has 1 heterocycles. The Morgan fingerprint density at radius 1 is 1.50 bits per heavy atom. The molecule has 5 heteroatoms. The minimum atomic E-state index is -3.20. The Bertz CT molecular complexity index is 301. The van der Waals surface area contributed by atoms with Crippen LogP contribution in [-0.4, -0.2) is 30.0 Å². The first-order valence-electron chi connectivity index (χ1n) is 3.74. The monoisotopic (exact) mass is 192 g/mol. The molecule has 1 saturated heterocycles. The van der Waals surface area contributed by atoms with Crippen molar-refractivity contribution < 1.29 is 18.3 Å². The van der Waals surface area contributed by atoms with Crippen molar-refractivity contribution in [2.75, 3.05) is 5.75 Å². The van der Waals surface area contributed by atoms with E-state index in [1.54, 1.807) is 0 Å². The van der Waals surface area contributed by atoms with Crippen molar-refractivity contribution in [2.24, 2.45) is 5.92 Å². The van der Waals surface area contributed by atoms with Crippen molar-refractivity contribution in [1.29, 1.82) is 0 Å². The van der Waals surface area contributed by atoms with Gasteiger partial charge in [-0.1, -0.05) is 0 Å². The Labute approximate surface area is 71.5 Å². The summed E-state index contributed by atoms with van der Waals surface area (Å²) in [5.41, 5.74) is 0. The molecule has 4 nitrogen and oxygen atoms in total. The van der Waals surface area contributed by atoms with Gasteiger partial charge in [0.25, 0.3) is 0 Å². The molecule has 0 spiro atoms. The van der Waals surface area contributed by atoms with E-state index >= 15 is 0 Å². The molecular formula is C7H12O4S. The van der Waals surface area contributed by atoms with Crippen LogP contribution < -0.4 is 0 Å². The van der Waals surface area contributed by atoms with E-state index in [2.05, 4.69) is 0 Å². The SMILES string of the molecule is CC1(C)C(C(=O)O)CCS1(=O)=O. The summed E-state index contributed by atoms with van der Waals surface area (Å²) in [6.07, 6.45) is 0.241. The lowest BCUT2D eigenvalue weighted by atomic mass is 9.93. The van der Waals surface area contributed by atoms with Crippen molar-refractivity contribution in [1.82, 2.24) is 0 Å². The highest BCUT2D eigenvalue weighted by molar-refractivity contribution is 7.93. The van der Waals surface area contributed by atoms with Gasteiger partial charge in [-0.25, -0.2) is 8.42 Å². The Kier molecular flexibility index (Phi) is 1.94. The Balaban J connectivity index is 3.10. The quantitative estimate of drug-likeness (QED) is 0.648. The second-order valence-corrected chi connectivity index (χ2v) is 6.29. The topological polar surface area (TPSA) is 71.4 Å². The molecule has 1 rings (SSSR count). The first-order chi connectivity index (χ1) is 5.29. The number of hydrogen-bond donors (Lipinski definition) is 1. The van der Waals surface area contributed by atoms with Crippen LogP contribution in [0.4, 0.5) is 0 Å². The van der Waals surface area contributed by atoms with Crippen LogP contribution >= 0.6 is 0 Å². The molecule has 0 bridgehead atoms. The summed E-state index contributed by atoms with van der Waals surface area (Å²) in [4.78, 5) is 10.6. The van der Waals surface area contributed by atoms with Crippen LogP contribution in [0, 0.1) is 5.92 Å². The molecule has 0 aromatic carbocycles. The van der Waals surface area contributed by atoms with Crippen LogP contribution in [0.5, 0.6) is 0 Å². The normalized spacial score (nSPS) is 31.7. The summed E-state index contributed by atoms with van der Waals surface area (Å²) >= 11 is 0. The molecule has 70 valence electrons. The largest absolute Gasteiger partial charge is 0.481 e. The van der Waals surface area contributed by atoms with Gasteiger partial charge in [0.2, 0.25) is 0 Å². The summed E-state index contributed by atoms with van der Waals surface area (Å²) in [5.74, 6) is -1.76. The summed E-state index contributed by atoms with van der Waals surface area (Å²) in [7, 11) is -3.20. The fourth-order valence-electron chi connectivity index (χ4n) is 1.52. The van der Waals surface area contributed by atoms with E-state index in [0.29, 0.717) is 0 Å². The van der Waals surface area contributed by atoms with E-state index < -0.39 is 26.5 Å². The van der Waals surface area contributed by atoms with Gasteiger partial charge in [0.1, 0.15) is 0 Å². The van der Waals surface area contributed by atoms with Crippen molar-refractivity contribution in [3.63, 3.8) is 0 Å². The number of rotatable bonds is 1. The second kappa shape index (κ2) is 2.45. The number of carboxylic acids is 1. The predicted octanol–water partition coefficient (Wildman–Crippen LogP) is 0.284. The second-order valence-electron chi connectivity index (χ2n) is 3.60. The van der Waals surface area contributed by atoms with Gasteiger partial charge in [-0.2, -0.15) is 0 Å². The zero-order valence-corrected chi connectivity index (χ0v) is 7.89. The highest BCUT2D eigenvalue weighted by atomic mass is 32.2. The minimum absolute atomic E-state index is 0.00301. The first kappa shape index (κ1) is 9.51. The maximum absolute atomic E-state index is 11.3. The van der Waals surface area contributed by atoms with E-state index in [-0.39, 0.29) is 12.2 Å². The number of sulfone groups is 1. The highest BCUT2D eigenvalue weighted by Gasteiger charge is 2.50. The molecule has 1 atom stereocenters. The van der Waals surface area contributed by atoms with Crippen LogP contribution in [-0.2, 0) is 14.6 Å². The molecule has 0 radical (unpaired) electrons. The predicted molar refractivity (Wildman–Crippen MR) is 43.6 cm³/mol. The van der Waals surface area contributed by atoms with Crippen molar-refractivity contribution >= 4 is 15.8 Å². The van der Waals surface area contributed by atoms with Gasteiger partial charge < -0.3 is 5.11 Å². The van der Waals surface area contributed by atoms with Crippen molar-refractivity contribution in [3.05, 3.63) is 0 Å². The summed E-state index contributed by atoms with van der Waals surface area (Å²) in [6, 6.07) is 0. The van der Waals surface area contributed by atoms with Crippen LogP contribution in [0.3, 0.4) is 0 Å². The van der Waals surface area contributed by atoms with E-state index in [9.17, 15) is 13.2 Å². The van der Waals surface area contributed by atoms with Gasteiger partial charge in [0.05, 0.1) is 16.4 Å². The molecule has 0 aliphatic carbocycles. The smallest absolute Gasteiger partial charge is 0.308 e. The van der Waals surface area contributed by atoms with E-state index in [1.807, 2.05) is 0 Å². The molecule has 0 aromatic rings. The van der Waals surface area contributed by atoms with Gasteiger partial charge in [-0.3, -0.25) is 4.79 Å². The Morgan fingerprint density at radius 3 is 2.17 bits per heavy atom. The fraction of sp³-hybridized carbons (Fsp3) is 0.857. The van der Waals surface area contributed by atoms with Crippen LogP contribution in [0.2, 0.25) is 0 Å². The van der Waals surface area contributed by atoms with Gasteiger partial charge in [0, 0.05) is 0 Å². The third-order valence-corrected chi connectivity index (χ3v) is 5.27. The third-order valence-electron chi connectivity index (χ3n) is 2.61. The van der Waals surface area contributed by atoms with Gasteiger partial charge in [-0.15, -0.1) is 0 Å². The lowest BCUT2D eigenvalue weighted by Gasteiger charge is -2.21. The summed E-state index contributed by atoms with van der Waals surface area (Å²) in [5, 5.41) is 8.72. The summed E-state index contributed by atoms with van der Waals surface area (Å²) < 4.78 is 21.6. The third kappa shape index (κ3) is 1.12. The maximum atomic E-state index is 11.3. The minimum Gasteiger partial charge on any atom is -0.481 e. The van der Waals surface area contributed by atoms with Crippen LogP contribution in [0.25, 0.3) is 0 Å². The molecule has 1 unspecified atom stereocenters. The average molecular weight is 192 g/mol. The Morgan fingerprint density at radius 2 is 2.00 bits per heavy atom. The zero-order valence-electron chi connectivity index (χ0n) is 7.07. The van der Waals surface area contributed by atoms with Crippen LogP contribution in [0.15, 0.2) is 0 Å². The van der Waals surface area contributed by atoms with Gasteiger partial charge >= 0.3 is 5.97 Å². The number of carboxylic acid groups (broad SMARTS) is 1. The number of carbonyl (C=O) groups is 1. The highest BCUT2D eigenvalue weighted by Crippen LogP contribution is 2.37. The zero-order chi connectivity index (χ0) is 9.57. The number of aliphatic carboxylic acids is 1. The van der Waals surface area contributed by atoms with E-state index in [1.165, 1.54) is 13.8 Å². The maximum Gasteiger partial charge on any atom is 0.308 e. The van der Waals surface area contributed by atoms with Crippen molar-refractivity contribution in [3.8, 4) is 0 Å². The van der Waals surface area contributed by atoms with Crippen molar-refractivity contribution in [2.45, 2.75) is 25.0 Å². The van der Waals surface area contributed by atoms with E-state index in [4.69, 9.17) is 5.11 Å². The van der Waals surface area contributed by atoms with Gasteiger partial charge in [-0.05, 0) is 20.3 Å². The molecule has 1 N–H and O–H groups in total. The molecule has 0 aromatic heterocycles. The number of hydrogen-bond acceptors (Lipinski definition) is 3. The molecular weight excluding hydrogens is 180 g/mol. The molecule has 1 aliphatic rings. The molecule has 12 heavy (non-hydrogen) atoms. The van der Waals surface area contributed by atoms with Gasteiger partial charge in [0.15, 0.2) is 9.84 Å². The molecule has 0 saturated carbocycles.